The molecule has 0 aliphatic carbocycles. The fraction of sp³-hybridized carbons (Fsp3) is 0.348. The van der Waals surface area contributed by atoms with Crippen molar-refractivity contribution in [2.45, 2.75) is 46.8 Å². The van der Waals surface area contributed by atoms with Crippen LogP contribution in [0.3, 0.4) is 0 Å². The van der Waals surface area contributed by atoms with E-state index in [0.717, 1.165) is 17.7 Å². The Bertz CT molecular complexity index is 890. The first-order valence-electron chi connectivity index (χ1n) is 9.91. The molecule has 160 valence electrons. The van der Waals surface area contributed by atoms with Crippen LogP contribution >= 0.6 is 0 Å². The molecule has 0 aromatic heterocycles. The van der Waals surface area contributed by atoms with E-state index >= 15 is 0 Å². The number of carbonyl (C=O) groups is 3. The summed E-state index contributed by atoms with van der Waals surface area (Å²) in [6.07, 6.45) is 0. The summed E-state index contributed by atoms with van der Waals surface area (Å²) in [4.78, 5) is 37.8. The van der Waals surface area contributed by atoms with E-state index in [9.17, 15) is 14.4 Å². The van der Waals surface area contributed by atoms with Crippen LogP contribution in [0.2, 0.25) is 0 Å². The number of amides is 3. The second kappa shape index (κ2) is 10.5. The van der Waals surface area contributed by atoms with Crippen LogP contribution in [0.5, 0.6) is 0 Å². The lowest BCUT2D eigenvalue weighted by Crippen LogP contribution is -2.27. The van der Waals surface area contributed by atoms with Gasteiger partial charge in [0, 0.05) is 49.9 Å². The number of rotatable bonds is 8. The van der Waals surface area contributed by atoms with E-state index in [0.29, 0.717) is 29.5 Å². The molecule has 2 rings (SSSR count). The molecule has 0 fully saturated rings. The lowest BCUT2D eigenvalue weighted by molar-refractivity contribution is -0.115. The first-order valence-corrected chi connectivity index (χ1v) is 9.91. The quantitative estimate of drug-likeness (QED) is 0.622. The summed E-state index contributed by atoms with van der Waals surface area (Å²) in [5.41, 5.74) is 3.43. The van der Waals surface area contributed by atoms with E-state index < -0.39 is 0 Å². The minimum absolute atomic E-state index is 0.260. The van der Waals surface area contributed by atoms with E-state index in [2.05, 4.69) is 47.8 Å². The maximum absolute atomic E-state index is 12.8. The second-order valence-corrected chi connectivity index (χ2v) is 7.62. The van der Waals surface area contributed by atoms with Crippen LogP contribution in [0.1, 0.15) is 49.2 Å². The highest BCUT2D eigenvalue weighted by molar-refractivity contribution is 5.99. The Morgan fingerprint density at radius 1 is 0.900 bits per heavy atom. The van der Waals surface area contributed by atoms with Crippen LogP contribution in [0.25, 0.3) is 0 Å². The summed E-state index contributed by atoms with van der Waals surface area (Å²) in [7, 11) is 2.07. The van der Waals surface area contributed by atoms with E-state index in [1.807, 2.05) is 18.2 Å². The predicted octanol–water partition coefficient (Wildman–Crippen LogP) is 3.37. The van der Waals surface area contributed by atoms with Gasteiger partial charge in [-0.15, -0.1) is 0 Å². The number of hydrogen-bond acceptors (Lipinski definition) is 4. The Kier molecular flexibility index (Phi) is 8.12. The third kappa shape index (κ3) is 7.00. The molecule has 3 N–H and O–H groups in total. The lowest BCUT2D eigenvalue weighted by atomic mass is 10.1. The molecule has 0 aliphatic heterocycles. The molecule has 0 radical (unpaired) electrons. The maximum atomic E-state index is 12.8. The van der Waals surface area contributed by atoms with Gasteiger partial charge in [0.25, 0.3) is 5.91 Å². The normalized spacial score (nSPS) is 10.8. The zero-order valence-corrected chi connectivity index (χ0v) is 18.2. The van der Waals surface area contributed by atoms with E-state index in [4.69, 9.17) is 0 Å². The molecule has 7 nitrogen and oxygen atoms in total. The highest BCUT2D eigenvalue weighted by Gasteiger charge is 2.12. The van der Waals surface area contributed by atoms with Crippen molar-refractivity contribution in [1.29, 1.82) is 0 Å². The van der Waals surface area contributed by atoms with Crippen molar-refractivity contribution >= 4 is 29.1 Å². The van der Waals surface area contributed by atoms with Gasteiger partial charge in [-0.05, 0) is 50.2 Å². The number of nitrogens with zero attached hydrogens (tertiary/aromatic N) is 1. The Morgan fingerprint density at radius 2 is 1.43 bits per heavy atom. The van der Waals surface area contributed by atoms with Crippen molar-refractivity contribution in [3.8, 4) is 0 Å². The molecule has 2 aromatic rings. The number of nitrogens with one attached hydrogen (secondary N) is 3. The summed E-state index contributed by atoms with van der Waals surface area (Å²) in [6, 6.07) is 13.2. The van der Waals surface area contributed by atoms with Crippen LogP contribution in [0, 0.1) is 0 Å². The number of hydrogen-bond donors (Lipinski definition) is 3. The Hall–Kier alpha value is -3.19. The van der Waals surface area contributed by atoms with Crippen molar-refractivity contribution < 1.29 is 14.4 Å². The molecule has 0 atom stereocenters. The SMILES string of the molecule is CC(=O)Nc1cc(NC(C)=O)cc(C(=O)NCc2ccccc2CN(C)C(C)C)c1. The zero-order valence-electron chi connectivity index (χ0n) is 18.2. The standard InChI is InChI=1S/C23H30N4O3/c1-15(2)27(5)14-19-9-7-6-8-18(19)13-24-23(30)20-10-21(25-16(3)28)12-22(11-20)26-17(4)29/h6-12,15H,13-14H2,1-5H3,(H,24,30)(H,25,28)(H,26,29). The first kappa shape index (κ1) is 23.1. The fourth-order valence-electron chi connectivity index (χ4n) is 2.92. The maximum Gasteiger partial charge on any atom is 0.251 e. The largest absolute Gasteiger partial charge is 0.348 e. The van der Waals surface area contributed by atoms with Gasteiger partial charge >= 0.3 is 0 Å². The van der Waals surface area contributed by atoms with E-state index in [-0.39, 0.29) is 17.7 Å². The monoisotopic (exact) mass is 410 g/mol. The van der Waals surface area contributed by atoms with Gasteiger partial charge in [0.15, 0.2) is 0 Å². The average molecular weight is 411 g/mol. The molecule has 0 saturated heterocycles. The minimum Gasteiger partial charge on any atom is -0.348 e. The van der Waals surface area contributed by atoms with Gasteiger partial charge in [0.05, 0.1) is 0 Å². The molecule has 0 bridgehead atoms. The molecule has 0 spiro atoms. The summed E-state index contributed by atoms with van der Waals surface area (Å²) in [5.74, 6) is -0.810. The molecular formula is C23H30N4O3. The van der Waals surface area contributed by atoms with Crippen LogP contribution in [-0.2, 0) is 22.7 Å². The highest BCUT2D eigenvalue weighted by Crippen LogP contribution is 2.20. The van der Waals surface area contributed by atoms with E-state index in [1.54, 1.807) is 18.2 Å². The van der Waals surface area contributed by atoms with Crippen molar-refractivity contribution in [3.63, 3.8) is 0 Å². The van der Waals surface area contributed by atoms with Crippen LogP contribution in [-0.4, -0.2) is 35.7 Å². The fourth-order valence-corrected chi connectivity index (χ4v) is 2.92. The third-order valence-electron chi connectivity index (χ3n) is 4.70. The van der Waals surface area contributed by atoms with Crippen molar-refractivity contribution in [1.82, 2.24) is 10.2 Å². The van der Waals surface area contributed by atoms with Crippen LogP contribution in [0.4, 0.5) is 11.4 Å². The number of carbonyl (C=O) groups excluding carboxylic acids is 3. The topological polar surface area (TPSA) is 90.5 Å². The Morgan fingerprint density at radius 3 is 1.93 bits per heavy atom. The highest BCUT2D eigenvalue weighted by atomic mass is 16.2. The molecular weight excluding hydrogens is 380 g/mol. The number of anilines is 2. The van der Waals surface area contributed by atoms with Gasteiger partial charge < -0.3 is 16.0 Å². The second-order valence-electron chi connectivity index (χ2n) is 7.62. The van der Waals surface area contributed by atoms with Crippen LogP contribution < -0.4 is 16.0 Å². The molecule has 7 heteroatoms. The third-order valence-corrected chi connectivity index (χ3v) is 4.70. The smallest absolute Gasteiger partial charge is 0.251 e. The van der Waals surface area contributed by atoms with Crippen molar-refractivity contribution in [3.05, 3.63) is 59.2 Å². The molecule has 3 amide bonds. The zero-order chi connectivity index (χ0) is 22.3. The molecule has 0 heterocycles. The Labute approximate surface area is 177 Å². The minimum atomic E-state index is -0.291. The molecule has 0 unspecified atom stereocenters. The number of benzene rings is 2. The van der Waals surface area contributed by atoms with Crippen LogP contribution in [0.15, 0.2) is 42.5 Å². The average Bonchev–Trinajstić information content (AvgIpc) is 2.65. The van der Waals surface area contributed by atoms with Crippen molar-refractivity contribution in [2.24, 2.45) is 0 Å². The van der Waals surface area contributed by atoms with Gasteiger partial charge in [0.2, 0.25) is 11.8 Å². The van der Waals surface area contributed by atoms with E-state index in [1.165, 1.54) is 13.8 Å². The summed E-state index contributed by atoms with van der Waals surface area (Å²) >= 11 is 0. The van der Waals surface area contributed by atoms with Gasteiger partial charge in [-0.3, -0.25) is 19.3 Å². The van der Waals surface area contributed by atoms with Gasteiger partial charge in [-0.1, -0.05) is 24.3 Å². The van der Waals surface area contributed by atoms with Gasteiger partial charge in [0.1, 0.15) is 0 Å². The predicted molar refractivity (Wildman–Crippen MR) is 119 cm³/mol. The van der Waals surface area contributed by atoms with Gasteiger partial charge in [-0.2, -0.15) is 0 Å². The molecule has 0 saturated carbocycles. The molecule has 30 heavy (non-hydrogen) atoms. The Balaban J connectivity index is 2.18. The molecule has 0 aliphatic rings. The summed E-state index contributed by atoms with van der Waals surface area (Å²) < 4.78 is 0. The van der Waals surface area contributed by atoms with Gasteiger partial charge in [-0.25, -0.2) is 0 Å². The summed E-state index contributed by atoms with van der Waals surface area (Å²) in [6.45, 7) is 8.21. The summed E-state index contributed by atoms with van der Waals surface area (Å²) in [5, 5.41) is 8.24. The molecule has 2 aromatic carbocycles. The van der Waals surface area contributed by atoms with Crippen molar-refractivity contribution in [2.75, 3.05) is 17.7 Å². The lowest BCUT2D eigenvalue weighted by Gasteiger charge is -2.22. The first-order chi connectivity index (χ1) is 14.2.